The van der Waals surface area contributed by atoms with Gasteiger partial charge < -0.3 is 0 Å². The summed E-state index contributed by atoms with van der Waals surface area (Å²) >= 11 is 0. The fourth-order valence-electron chi connectivity index (χ4n) is 6.07. The first-order valence-electron chi connectivity index (χ1n) is 15.8. The van der Waals surface area contributed by atoms with Crippen LogP contribution < -0.4 is 0 Å². The van der Waals surface area contributed by atoms with Crippen molar-refractivity contribution in [2.45, 2.75) is 149 Å². The van der Waals surface area contributed by atoms with E-state index in [4.69, 9.17) is 0 Å². The van der Waals surface area contributed by atoms with E-state index in [2.05, 4.69) is 141 Å². The molecule has 224 valence electrons. The molecule has 0 aromatic rings. The zero-order valence-electron chi connectivity index (χ0n) is 29.1. The van der Waals surface area contributed by atoms with Crippen molar-refractivity contribution in [3.8, 4) is 0 Å². The topological polar surface area (TPSA) is 0 Å². The van der Waals surface area contributed by atoms with Crippen LogP contribution in [0, 0.1) is 45.8 Å². The highest BCUT2D eigenvalue weighted by atomic mass is 14.4. The smallest absolute Gasteiger partial charge is 0.0170 e. The van der Waals surface area contributed by atoms with Gasteiger partial charge in [-0.15, -0.1) is 6.58 Å². The summed E-state index contributed by atoms with van der Waals surface area (Å²) < 4.78 is 0. The van der Waals surface area contributed by atoms with Gasteiger partial charge in [0, 0.05) is 0 Å². The van der Waals surface area contributed by atoms with E-state index in [0.717, 1.165) is 36.0 Å². The van der Waals surface area contributed by atoms with Crippen LogP contribution in [0.2, 0.25) is 0 Å². The molecule has 0 saturated heterocycles. The van der Waals surface area contributed by atoms with E-state index < -0.39 is 0 Å². The minimum atomic E-state index is 0.296. The van der Waals surface area contributed by atoms with E-state index >= 15 is 0 Å². The molecule has 0 nitrogen and oxygen atoms in total. The molecule has 1 aliphatic carbocycles. The maximum absolute atomic E-state index is 4.10. The molecule has 0 aromatic carbocycles. The van der Waals surface area contributed by atoms with Gasteiger partial charge in [0.15, 0.2) is 0 Å². The average molecular weight is 529 g/mol. The number of hydrogen-bond acceptors (Lipinski definition) is 0. The first-order valence-corrected chi connectivity index (χ1v) is 15.8. The molecule has 0 aliphatic heterocycles. The van der Waals surface area contributed by atoms with Gasteiger partial charge in [0.2, 0.25) is 0 Å². The summed E-state index contributed by atoms with van der Waals surface area (Å²) in [6.45, 7) is 42.5. The molecule has 1 fully saturated rings. The highest BCUT2D eigenvalue weighted by Crippen LogP contribution is 2.42. The van der Waals surface area contributed by atoms with Gasteiger partial charge >= 0.3 is 0 Å². The van der Waals surface area contributed by atoms with Gasteiger partial charge in [0.25, 0.3) is 0 Å². The maximum Gasteiger partial charge on any atom is -0.0170 e. The first kappa shape index (κ1) is 39.1. The Morgan fingerprint density at radius 3 is 1.89 bits per heavy atom. The van der Waals surface area contributed by atoms with Gasteiger partial charge in [0.1, 0.15) is 0 Å². The highest BCUT2D eigenvalue weighted by molar-refractivity contribution is 5.01. The van der Waals surface area contributed by atoms with Crippen LogP contribution in [0.5, 0.6) is 0 Å². The average Bonchev–Trinajstić information content (AvgIpc) is 2.70. The van der Waals surface area contributed by atoms with Crippen molar-refractivity contribution in [2.75, 3.05) is 0 Å². The van der Waals surface area contributed by atoms with E-state index in [1.807, 2.05) is 0 Å². The van der Waals surface area contributed by atoms with Crippen LogP contribution in [0.25, 0.3) is 0 Å². The standard InChI is InChI=1S/C19H36.C11H20.C8H16/c1-10-11-18(6,7)14-19(8,9)17(5)13-16(4)12-15(2)3;1-8(2)11-6-9(3)5-10(4)7-11;1-5-6-7-8(2,3)4/h10-11,16-17H,2,12-14H2,1,3-9H3;8,10-11H,3,5-7H2,1-2,4H3;6-7H,5H2,1-4H3/b11-10+;;. The van der Waals surface area contributed by atoms with Gasteiger partial charge in [-0.3, -0.25) is 0 Å². The van der Waals surface area contributed by atoms with E-state index in [0.29, 0.717) is 16.2 Å². The summed E-state index contributed by atoms with van der Waals surface area (Å²) in [7, 11) is 0. The van der Waals surface area contributed by atoms with Crippen molar-refractivity contribution in [2.24, 2.45) is 45.8 Å². The first-order chi connectivity index (χ1) is 17.2. The Morgan fingerprint density at radius 2 is 1.53 bits per heavy atom. The third-order valence-electron chi connectivity index (χ3n) is 8.01. The van der Waals surface area contributed by atoms with Crippen molar-refractivity contribution in [3.63, 3.8) is 0 Å². The molecule has 38 heavy (non-hydrogen) atoms. The Kier molecular flexibility index (Phi) is 18.9. The Labute approximate surface area is 242 Å². The quantitative estimate of drug-likeness (QED) is 0.247. The lowest BCUT2D eigenvalue weighted by atomic mass is 9.66. The molecule has 1 aliphatic rings. The second-order valence-corrected chi connectivity index (χ2v) is 15.7. The molecule has 1 saturated carbocycles. The van der Waals surface area contributed by atoms with E-state index in [1.165, 1.54) is 49.7 Å². The predicted octanol–water partition coefficient (Wildman–Crippen LogP) is 13.3. The minimum absolute atomic E-state index is 0.296. The lowest BCUT2D eigenvalue weighted by Crippen LogP contribution is -2.29. The van der Waals surface area contributed by atoms with Crippen molar-refractivity contribution >= 4 is 0 Å². The third-order valence-corrected chi connectivity index (χ3v) is 8.01. The third kappa shape index (κ3) is 20.9. The van der Waals surface area contributed by atoms with Crippen LogP contribution in [0.15, 0.2) is 48.6 Å². The van der Waals surface area contributed by atoms with E-state index in [-0.39, 0.29) is 0 Å². The van der Waals surface area contributed by atoms with Gasteiger partial charge in [-0.25, -0.2) is 0 Å². The number of rotatable bonds is 10. The fourth-order valence-corrected chi connectivity index (χ4v) is 6.07. The van der Waals surface area contributed by atoms with Gasteiger partial charge in [-0.2, -0.15) is 0 Å². The maximum atomic E-state index is 4.10. The SMILES string of the molecule is C=C(C)CC(C)CC(C)C(C)(C)CC(C)(C)/C=C/C.C=C1CC(C)CC(C(C)C)C1.CCC=CC(C)(C)C. The second kappa shape index (κ2) is 18.3. The number of hydrogen-bond donors (Lipinski definition) is 0. The monoisotopic (exact) mass is 529 g/mol. The van der Waals surface area contributed by atoms with Crippen molar-refractivity contribution in [1.82, 2.24) is 0 Å². The van der Waals surface area contributed by atoms with Crippen LogP contribution in [0.1, 0.15) is 149 Å². The lowest BCUT2D eigenvalue weighted by Gasteiger charge is -2.39. The summed E-state index contributed by atoms with van der Waals surface area (Å²) in [6, 6.07) is 0. The highest BCUT2D eigenvalue weighted by Gasteiger charge is 2.32. The molecular weight excluding hydrogens is 456 g/mol. The van der Waals surface area contributed by atoms with Crippen molar-refractivity contribution in [3.05, 3.63) is 48.6 Å². The molecular formula is C38H72. The van der Waals surface area contributed by atoms with Gasteiger partial charge in [-0.1, -0.05) is 132 Å². The normalized spacial score (nSPS) is 20.6. The molecule has 0 spiro atoms. The molecule has 4 unspecified atom stereocenters. The predicted molar refractivity (Wildman–Crippen MR) is 179 cm³/mol. The molecule has 0 heterocycles. The zero-order valence-corrected chi connectivity index (χ0v) is 29.1. The molecule has 0 bridgehead atoms. The van der Waals surface area contributed by atoms with Gasteiger partial charge in [-0.05, 0) is 105 Å². The van der Waals surface area contributed by atoms with Crippen LogP contribution in [-0.2, 0) is 0 Å². The van der Waals surface area contributed by atoms with Crippen LogP contribution >= 0.6 is 0 Å². The van der Waals surface area contributed by atoms with Crippen molar-refractivity contribution in [1.29, 1.82) is 0 Å². The Bertz CT molecular complexity index is 703. The summed E-state index contributed by atoms with van der Waals surface area (Å²) in [6.07, 6.45) is 17.8. The number of allylic oxidation sites excluding steroid dienone is 6. The van der Waals surface area contributed by atoms with Crippen molar-refractivity contribution < 1.29 is 0 Å². The Hall–Kier alpha value is -1.04. The Morgan fingerprint density at radius 1 is 0.974 bits per heavy atom. The van der Waals surface area contributed by atoms with Gasteiger partial charge in [0.05, 0.1) is 0 Å². The lowest BCUT2D eigenvalue weighted by molar-refractivity contribution is 0.135. The Balaban J connectivity index is 0. The van der Waals surface area contributed by atoms with Crippen LogP contribution in [0.3, 0.4) is 0 Å². The van der Waals surface area contributed by atoms with E-state index in [9.17, 15) is 0 Å². The molecule has 0 heteroatoms. The molecule has 0 amide bonds. The molecule has 0 radical (unpaired) electrons. The molecule has 0 aromatic heterocycles. The molecule has 0 N–H and O–H groups in total. The van der Waals surface area contributed by atoms with Crippen LogP contribution in [-0.4, -0.2) is 0 Å². The summed E-state index contributed by atoms with van der Waals surface area (Å²) in [5.41, 5.74) is 3.83. The summed E-state index contributed by atoms with van der Waals surface area (Å²) in [5.74, 6) is 4.12. The zero-order chi connectivity index (χ0) is 30.3. The largest absolute Gasteiger partial charge is 0.100 e. The van der Waals surface area contributed by atoms with Crippen LogP contribution in [0.4, 0.5) is 0 Å². The van der Waals surface area contributed by atoms with E-state index in [1.54, 1.807) is 0 Å². The fraction of sp³-hybridized carbons (Fsp3) is 0.789. The second-order valence-electron chi connectivity index (χ2n) is 15.7. The summed E-state index contributed by atoms with van der Waals surface area (Å²) in [4.78, 5) is 0. The molecule has 1 rings (SSSR count). The summed E-state index contributed by atoms with van der Waals surface area (Å²) in [5, 5.41) is 0. The molecule has 4 atom stereocenters. The minimum Gasteiger partial charge on any atom is -0.100 e.